The van der Waals surface area contributed by atoms with Crippen molar-refractivity contribution in [2.75, 3.05) is 32.9 Å². The number of benzene rings is 2. The Morgan fingerprint density at radius 3 is 2.14 bits per heavy atom. The molecule has 1 aliphatic rings. The average molecular weight is 483 g/mol. The second-order valence-corrected chi connectivity index (χ2v) is 9.91. The third-order valence-electron chi connectivity index (χ3n) is 5.84. The van der Waals surface area contributed by atoms with E-state index in [1.54, 1.807) is 0 Å². The van der Waals surface area contributed by atoms with E-state index in [1.807, 2.05) is 45.0 Å². The Bertz CT molecular complexity index is 1000. The van der Waals surface area contributed by atoms with E-state index < -0.39 is 24.6 Å². The molecule has 188 valence electrons. The lowest BCUT2D eigenvalue weighted by atomic mass is 9.84. The number of ether oxygens (including phenoxy) is 2. The number of hydrogen-bond acceptors (Lipinski definition) is 5. The van der Waals surface area contributed by atoms with Gasteiger partial charge in [0.05, 0.1) is 12.5 Å². The monoisotopic (exact) mass is 482 g/mol. The van der Waals surface area contributed by atoms with Crippen molar-refractivity contribution in [2.24, 2.45) is 11.3 Å². The van der Waals surface area contributed by atoms with Crippen LogP contribution in [0.1, 0.15) is 44.2 Å². The van der Waals surface area contributed by atoms with Crippen molar-refractivity contribution in [3.63, 3.8) is 0 Å². The summed E-state index contributed by atoms with van der Waals surface area (Å²) in [6.07, 6.45) is -0.0123. The molecule has 0 spiro atoms. The van der Waals surface area contributed by atoms with Crippen molar-refractivity contribution in [1.29, 1.82) is 0 Å². The van der Waals surface area contributed by atoms with E-state index in [0.717, 1.165) is 22.3 Å². The molecule has 0 aromatic heterocycles. The zero-order valence-corrected chi connectivity index (χ0v) is 20.5. The summed E-state index contributed by atoms with van der Waals surface area (Å²) in [4.78, 5) is 35.7. The molecule has 1 unspecified atom stereocenters. The van der Waals surface area contributed by atoms with E-state index in [4.69, 9.17) is 14.6 Å². The highest BCUT2D eigenvalue weighted by Crippen LogP contribution is 2.44. The van der Waals surface area contributed by atoms with Gasteiger partial charge in [-0.15, -0.1) is 0 Å². The smallest absolute Gasteiger partial charge is 0.407 e. The van der Waals surface area contributed by atoms with Crippen LogP contribution in [0, 0.1) is 11.3 Å². The van der Waals surface area contributed by atoms with E-state index in [0.29, 0.717) is 6.42 Å². The molecule has 2 aromatic carbocycles. The quantitative estimate of drug-likeness (QED) is 0.420. The van der Waals surface area contributed by atoms with Gasteiger partial charge in [-0.1, -0.05) is 69.3 Å². The number of carbonyl (C=O) groups excluding carboxylic acids is 2. The zero-order valence-electron chi connectivity index (χ0n) is 20.5. The molecule has 0 heterocycles. The average Bonchev–Trinajstić information content (AvgIpc) is 3.13. The topological polar surface area (TPSA) is 114 Å². The van der Waals surface area contributed by atoms with Gasteiger partial charge in [0.2, 0.25) is 5.91 Å². The van der Waals surface area contributed by atoms with Crippen molar-refractivity contribution in [3.8, 4) is 11.1 Å². The van der Waals surface area contributed by atoms with Crippen LogP contribution in [0.4, 0.5) is 4.79 Å². The SMILES string of the molecule is CC(C)(C)CC(CNC(=O)OCC1c2ccccc2-c2ccccc21)C(=O)NCCOCC(=O)O. The lowest BCUT2D eigenvalue weighted by molar-refractivity contribution is -0.142. The molecule has 0 aliphatic heterocycles. The van der Waals surface area contributed by atoms with Crippen LogP contribution >= 0.6 is 0 Å². The van der Waals surface area contributed by atoms with E-state index >= 15 is 0 Å². The molecule has 0 saturated carbocycles. The van der Waals surface area contributed by atoms with Crippen molar-refractivity contribution < 1.29 is 29.0 Å². The van der Waals surface area contributed by atoms with Crippen LogP contribution in [0.5, 0.6) is 0 Å². The van der Waals surface area contributed by atoms with Gasteiger partial charge >= 0.3 is 12.1 Å². The number of carbonyl (C=O) groups is 3. The summed E-state index contributed by atoms with van der Waals surface area (Å²) in [7, 11) is 0. The number of hydrogen-bond donors (Lipinski definition) is 3. The van der Waals surface area contributed by atoms with Crippen molar-refractivity contribution >= 4 is 18.0 Å². The van der Waals surface area contributed by atoms with Gasteiger partial charge in [0.25, 0.3) is 0 Å². The van der Waals surface area contributed by atoms with Crippen LogP contribution in [0.3, 0.4) is 0 Å². The lowest BCUT2D eigenvalue weighted by Crippen LogP contribution is -2.41. The van der Waals surface area contributed by atoms with Crippen LogP contribution in [0.15, 0.2) is 48.5 Å². The standard InChI is InChI=1S/C27H34N2O6/c1-27(2,3)14-18(25(32)28-12-13-34-17-24(30)31)15-29-26(33)35-16-23-21-10-6-4-8-19(21)20-9-5-7-11-22(20)23/h4-11,18,23H,12-17H2,1-3H3,(H,28,32)(H,29,33)(H,30,31). The molecule has 0 radical (unpaired) electrons. The molecule has 35 heavy (non-hydrogen) atoms. The van der Waals surface area contributed by atoms with Gasteiger partial charge in [0.1, 0.15) is 13.2 Å². The predicted molar refractivity (Wildman–Crippen MR) is 132 cm³/mol. The highest BCUT2D eigenvalue weighted by molar-refractivity contribution is 5.80. The van der Waals surface area contributed by atoms with Crippen molar-refractivity contribution in [2.45, 2.75) is 33.1 Å². The number of carboxylic acids is 1. The highest BCUT2D eigenvalue weighted by atomic mass is 16.5. The first-order valence-corrected chi connectivity index (χ1v) is 11.8. The van der Waals surface area contributed by atoms with E-state index in [1.165, 1.54) is 0 Å². The Kier molecular flexibility index (Phi) is 8.87. The molecule has 0 bridgehead atoms. The summed E-state index contributed by atoms with van der Waals surface area (Å²) in [6.45, 7) is 6.29. The number of nitrogens with one attached hydrogen (secondary N) is 2. The minimum Gasteiger partial charge on any atom is -0.480 e. The lowest BCUT2D eigenvalue weighted by Gasteiger charge is -2.25. The van der Waals surface area contributed by atoms with Gasteiger partial charge in [0, 0.05) is 19.0 Å². The fourth-order valence-electron chi connectivity index (χ4n) is 4.40. The Balaban J connectivity index is 1.53. The fraction of sp³-hybridized carbons (Fsp3) is 0.444. The van der Waals surface area contributed by atoms with Gasteiger partial charge in [-0.2, -0.15) is 0 Å². The van der Waals surface area contributed by atoms with Crippen LogP contribution in [0.25, 0.3) is 11.1 Å². The summed E-state index contributed by atoms with van der Waals surface area (Å²) in [5.74, 6) is -1.78. The molecule has 1 atom stereocenters. The molecular weight excluding hydrogens is 448 g/mol. The molecular formula is C27H34N2O6. The second-order valence-electron chi connectivity index (χ2n) is 9.91. The maximum atomic E-state index is 12.7. The molecule has 3 N–H and O–H groups in total. The number of alkyl carbamates (subject to hydrolysis) is 1. The number of rotatable bonds is 11. The first-order valence-electron chi connectivity index (χ1n) is 11.8. The fourth-order valence-corrected chi connectivity index (χ4v) is 4.40. The van der Waals surface area contributed by atoms with Gasteiger partial charge < -0.3 is 25.2 Å². The maximum Gasteiger partial charge on any atom is 0.407 e. The van der Waals surface area contributed by atoms with E-state index in [-0.39, 0.29) is 43.5 Å². The first-order chi connectivity index (χ1) is 16.7. The normalized spacial score (nSPS) is 13.5. The van der Waals surface area contributed by atoms with Crippen LogP contribution in [-0.4, -0.2) is 56.0 Å². The molecule has 0 fully saturated rings. The number of aliphatic carboxylic acids is 1. The summed E-state index contributed by atoms with van der Waals surface area (Å²) in [6, 6.07) is 16.3. The van der Waals surface area contributed by atoms with Crippen molar-refractivity contribution in [3.05, 3.63) is 59.7 Å². The largest absolute Gasteiger partial charge is 0.480 e. The highest BCUT2D eigenvalue weighted by Gasteiger charge is 2.30. The third kappa shape index (κ3) is 7.55. The minimum absolute atomic E-state index is 0.0346. The second kappa shape index (κ2) is 11.8. The molecule has 8 nitrogen and oxygen atoms in total. The summed E-state index contributed by atoms with van der Waals surface area (Å²) in [5, 5.41) is 14.1. The molecule has 0 saturated heterocycles. The third-order valence-corrected chi connectivity index (χ3v) is 5.84. The minimum atomic E-state index is -1.06. The Hall–Kier alpha value is -3.39. The molecule has 1 aliphatic carbocycles. The molecule has 2 aromatic rings. The summed E-state index contributed by atoms with van der Waals surface area (Å²) in [5.41, 5.74) is 4.45. The number of amides is 2. The Morgan fingerprint density at radius 1 is 0.971 bits per heavy atom. The van der Waals surface area contributed by atoms with Gasteiger partial charge in [0.15, 0.2) is 0 Å². The first kappa shape index (κ1) is 26.2. The van der Waals surface area contributed by atoms with E-state index in [9.17, 15) is 14.4 Å². The molecule has 2 amide bonds. The van der Waals surface area contributed by atoms with Crippen LogP contribution in [-0.2, 0) is 19.1 Å². The zero-order chi connectivity index (χ0) is 25.4. The van der Waals surface area contributed by atoms with Gasteiger partial charge in [-0.25, -0.2) is 9.59 Å². The number of fused-ring (bicyclic) bond motifs is 3. The summed E-state index contributed by atoms with van der Waals surface area (Å²) < 4.78 is 10.5. The molecule has 3 rings (SSSR count). The van der Waals surface area contributed by atoms with Crippen LogP contribution in [0.2, 0.25) is 0 Å². The van der Waals surface area contributed by atoms with Gasteiger partial charge in [-0.05, 0) is 34.1 Å². The summed E-state index contributed by atoms with van der Waals surface area (Å²) >= 11 is 0. The van der Waals surface area contributed by atoms with E-state index in [2.05, 4.69) is 34.9 Å². The van der Waals surface area contributed by atoms with Crippen LogP contribution < -0.4 is 10.6 Å². The maximum absolute atomic E-state index is 12.7. The Labute approximate surface area is 206 Å². The predicted octanol–water partition coefficient (Wildman–Crippen LogP) is 3.79. The van der Waals surface area contributed by atoms with Crippen molar-refractivity contribution in [1.82, 2.24) is 10.6 Å². The van der Waals surface area contributed by atoms with Gasteiger partial charge in [-0.3, -0.25) is 4.79 Å². The number of carboxylic acid groups (broad SMARTS) is 1. The molecule has 8 heteroatoms. The Morgan fingerprint density at radius 2 is 1.57 bits per heavy atom.